The lowest BCUT2D eigenvalue weighted by Crippen LogP contribution is -2.34. The molecule has 1 heterocycles. The average molecular weight is 265 g/mol. The van der Waals surface area contributed by atoms with Crippen molar-refractivity contribution < 1.29 is 9.59 Å². The van der Waals surface area contributed by atoms with Crippen molar-refractivity contribution in [1.82, 2.24) is 4.90 Å². The number of hydrogen-bond donors (Lipinski definition) is 0. The van der Waals surface area contributed by atoms with Crippen LogP contribution in [0.2, 0.25) is 0 Å². The fourth-order valence-corrected chi connectivity index (χ4v) is 2.65. The highest BCUT2D eigenvalue weighted by Gasteiger charge is 2.36. The third-order valence-electron chi connectivity index (χ3n) is 3.64. The zero-order valence-electron chi connectivity index (χ0n) is 11.0. The number of nitrogens with zero attached hydrogens (tertiary/aromatic N) is 1. The summed E-state index contributed by atoms with van der Waals surface area (Å²) in [5.74, 6) is -0.297. The summed E-state index contributed by atoms with van der Waals surface area (Å²) in [6.07, 6.45) is 1.12. The molecule has 0 spiro atoms. The first kappa shape index (κ1) is 12.6. The van der Waals surface area contributed by atoms with Gasteiger partial charge in [0.05, 0.1) is 6.04 Å². The Bertz CT molecular complexity index is 622. The van der Waals surface area contributed by atoms with E-state index in [0.717, 1.165) is 5.56 Å². The van der Waals surface area contributed by atoms with E-state index in [2.05, 4.69) is 0 Å². The molecule has 1 atom stereocenters. The number of hydrogen-bond acceptors (Lipinski definition) is 2. The quantitative estimate of drug-likeness (QED) is 0.782. The molecule has 2 aromatic rings. The molecule has 1 fully saturated rings. The minimum Gasteiger partial charge on any atom is -0.274 e. The number of likely N-dealkylation sites (tertiary alicyclic amines) is 1. The van der Waals surface area contributed by atoms with Crippen LogP contribution < -0.4 is 0 Å². The molecule has 3 rings (SSSR count). The molecule has 20 heavy (non-hydrogen) atoms. The van der Waals surface area contributed by atoms with Gasteiger partial charge in [-0.3, -0.25) is 14.5 Å². The number of carbonyl (C=O) groups excluding carboxylic acids is 2. The summed E-state index contributed by atoms with van der Waals surface area (Å²) in [5, 5.41) is 0. The van der Waals surface area contributed by atoms with Crippen molar-refractivity contribution in [2.45, 2.75) is 18.9 Å². The maximum absolute atomic E-state index is 12.5. The predicted molar refractivity (Wildman–Crippen MR) is 76.0 cm³/mol. The largest absolute Gasteiger partial charge is 0.274 e. The van der Waals surface area contributed by atoms with Crippen molar-refractivity contribution in [1.29, 1.82) is 0 Å². The molecule has 0 radical (unpaired) electrons. The first-order valence-corrected chi connectivity index (χ1v) is 6.74. The minimum absolute atomic E-state index is 0.0901. The monoisotopic (exact) mass is 265 g/mol. The summed E-state index contributed by atoms with van der Waals surface area (Å²) in [7, 11) is 0. The van der Waals surface area contributed by atoms with E-state index in [1.165, 1.54) is 4.90 Å². The van der Waals surface area contributed by atoms with E-state index >= 15 is 0 Å². The van der Waals surface area contributed by atoms with Crippen LogP contribution in [0, 0.1) is 0 Å². The van der Waals surface area contributed by atoms with E-state index in [9.17, 15) is 9.59 Å². The Morgan fingerprint density at radius 3 is 2.20 bits per heavy atom. The third-order valence-corrected chi connectivity index (χ3v) is 3.64. The number of imide groups is 1. The minimum atomic E-state index is -0.207. The molecule has 3 heteroatoms. The van der Waals surface area contributed by atoms with Crippen LogP contribution in [0.25, 0.3) is 0 Å². The number of carbonyl (C=O) groups is 2. The highest BCUT2D eigenvalue weighted by Crippen LogP contribution is 2.33. The molecule has 0 aromatic heterocycles. The van der Waals surface area contributed by atoms with Gasteiger partial charge in [0.25, 0.3) is 5.91 Å². The zero-order valence-corrected chi connectivity index (χ0v) is 11.0. The van der Waals surface area contributed by atoms with E-state index in [1.807, 2.05) is 48.5 Å². The average Bonchev–Trinajstić information content (AvgIpc) is 2.90. The Labute approximate surface area is 117 Å². The zero-order chi connectivity index (χ0) is 13.9. The van der Waals surface area contributed by atoms with Gasteiger partial charge in [-0.15, -0.1) is 0 Å². The van der Waals surface area contributed by atoms with Crippen molar-refractivity contribution in [3.63, 3.8) is 0 Å². The lowest BCUT2D eigenvalue weighted by molar-refractivity contribution is -0.126. The van der Waals surface area contributed by atoms with Crippen LogP contribution in [0.5, 0.6) is 0 Å². The summed E-state index contributed by atoms with van der Waals surface area (Å²) in [6, 6.07) is 18.6. The Hall–Kier alpha value is -2.42. The van der Waals surface area contributed by atoms with Gasteiger partial charge in [0.2, 0.25) is 5.91 Å². The molecular weight excluding hydrogens is 250 g/mol. The molecule has 2 aromatic carbocycles. The van der Waals surface area contributed by atoms with Crippen molar-refractivity contribution in [2.24, 2.45) is 0 Å². The summed E-state index contributed by atoms with van der Waals surface area (Å²) < 4.78 is 0. The molecule has 0 saturated carbocycles. The molecule has 0 aliphatic carbocycles. The van der Waals surface area contributed by atoms with Gasteiger partial charge in [-0.1, -0.05) is 48.5 Å². The van der Waals surface area contributed by atoms with Gasteiger partial charge in [0.15, 0.2) is 0 Å². The molecule has 1 aliphatic rings. The van der Waals surface area contributed by atoms with E-state index < -0.39 is 0 Å². The van der Waals surface area contributed by atoms with Crippen LogP contribution in [0.3, 0.4) is 0 Å². The fraction of sp³-hybridized carbons (Fsp3) is 0.176. The number of benzene rings is 2. The molecule has 1 unspecified atom stereocenters. The van der Waals surface area contributed by atoms with Crippen LogP contribution in [0.15, 0.2) is 60.7 Å². The molecule has 1 saturated heterocycles. The van der Waals surface area contributed by atoms with Crippen LogP contribution in [-0.4, -0.2) is 16.7 Å². The molecule has 1 aliphatic heterocycles. The fourth-order valence-electron chi connectivity index (χ4n) is 2.65. The summed E-state index contributed by atoms with van der Waals surface area (Å²) in [6.45, 7) is 0. The van der Waals surface area contributed by atoms with Gasteiger partial charge in [0.1, 0.15) is 0 Å². The lowest BCUT2D eigenvalue weighted by Gasteiger charge is -2.23. The maximum Gasteiger partial charge on any atom is 0.261 e. The van der Waals surface area contributed by atoms with E-state index in [1.54, 1.807) is 12.1 Å². The molecule has 100 valence electrons. The highest BCUT2D eigenvalue weighted by molar-refractivity contribution is 6.06. The first-order valence-electron chi connectivity index (χ1n) is 6.74. The van der Waals surface area contributed by atoms with Crippen molar-refractivity contribution in [2.75, 3.05) is 0 Å². The lowest BCUT2D eigenvalue weighted by atomic mass is 10.0. The second-order valence-corrected chi connectivity index (χ2v) is 4.90. The molecular formula is C17H15NO2. The molecule has 0 bridgehead atoms. The highest BCUT2D eigenvalue weighted by atomic mass is 16.2. The SMILES string of the molecule is O=C1CCC(c2ccccc2)N1C(=O)c1ccccc1. The van der Waals surface area contributed by atoms with Gasteiger partial charge in [-0.25, -0.2) is 0 Å². The Kier molecular flexibility index (Phi) is 3.33. The second-order valence-electron chi connectivity index (χ2n) is 4.90. The molecule has 2 amide bonds. The topological polar surface area (TPSA) is 37.4 Å². The summed E-state index contributed by atoms with van der Waals surface area (Å²) in [4.78, 5) is 26.0. The van der Waals surface area contributed by atoms with Crippen LogP contribution in [0.1, 0.15) is 34.8 Å². The normalized spacial score (nSPS) is 18.3. The molecule has 0 N–H and O–H groups in total. The van der Waals surface area contributed by atoms with Crippen molar-refractivity contribution in [3.05, 3.63) is 71.8 Å². The van der Waals surface area contributed by atoms with Crippen molar-refractivity contribution in [3.8, 4) is 0 Å². The van der Waals surface area contributed by atoms with E-state index in [-0.39, 0.29) is 17.9 Å². The first-order chi connectivity index (χ1) is 9.77. The van der Waals surface area contributed by atoms with Gasteiger partial charge in [-0.2, -0.15) is 0 Å². The standard InChI is InChI=1S/C17H15NO2/c19-16-12-11-15(13-7-3-1-4-8-13)18(16)17(20)14-9-5-2-6-10-14/h1-10,15H,11-12H2. The molecule has 3 nitrogen and oxygen atoms in total. The summed E-state index contributed by atoms with van der Waals surface area (Å²) >= 11 is 0. The Balaban J connectivity index is 1.94. The van der Waals surface area contributed by atoms with Crippen LogP contribution in [-0.2, 0) is 4.79 Å². The third kappa shape index (κ3) is 2.23. The smallest absolute Gasteiger partial charge is 0.261 e. The van der Waals surface area contributed by atoms with Crippen molar-refractivity contribution >= 4 is 11.8 Å². The Morgan fingerprint density at radius 1 is 0.950 bits per heavy atom. The van der Waals surface area contributed by atoms with E-state index in [4.69, 9.17) is 0 Å². The Morgan fingerprint density at radius 2 is 1.55 bits per heavy atom. The summed E-state index contributed by atoms with van der Waals surface area (Å²) in [5.41, 5.74) is 1.58. The van der Waals surface area contributed by atoms with Gasteiger partial charge in [0, 0.05) is 12.0 Å². The number of amides is 2. The van der Waals surface area contributed by atoms with Gasteiger partial charge < -0.3 is 0 Å². The number of rotatable bonds is 2. The van der Waals surface area contributed by atoms with Crippen LogP contribution in [0.4, 0.5) is 0 Å². The second kappa shape index (κ2) is 5.29. The van der Waals surface area contributed by atoms with Gasteiger partial charge >= 0.3 is 0 Å². The predicted octanol–water partition coefficient (Wildman–Crippen LogP) is 3.19. The van der Waals surface area contributed by atoms with E-state index in [0.29, 0.717) is 18.4 Å². The van der Waals surface area contributed by atoms with Crippen LogP contribution >= 0.6 is 0 Å². The van der Waals surface area contributed by atoms with Gasteiger partial charge in [-0.05, 0) is 24.1 Å². The maximum atomic E-state index is 12.5.